The zero-order valence-corrected chi connectivity index (χ0v) is 9.55. The maximum absolute atomic E-state index is 11.8. The van der Waals surface area contributed by atoms with Gasteiger partial charge in [0.15, 0.2) is 0 Å². The second-order valence-electron chi connectivity index (χ2n) is 4.38. The number of anilines is 1. The van der Waals surface area contributed by atoms with Gasteiger partial charge >= 0.3 is 0 Å². The van der Waals surface area contributed by atoms with E-state index < -0.39 is 0 Å². The maximum Gasteiger partial charge on any atom is 0.232 e. The Labute approximate surface area is 90.7 Å². The van der Waals surface area contributed by atoms with Gasteiger partial charge < -0.3 is 5.32 Å². The molecule has 0 bridgehead atoms. The summed E-state index contributed by atoms with van der Waals surface area (Å²) in [5.41, 5.74) is 4.66. The van der Waals surface area contributed by atoms with Crippen LogP contribution in [0.1, 0.15) is 42.4 Å². The van der Waals surface area contributed by atoms with Crippen molar-refractivity contribution in [2.24, 2.45) is 0 Å². The van der Waals surface area contributed by atoms with Crippen LogP contribution in [0, 0.1) is 13.8 Å². The molecule has 1 N–H and O–H groups in total. The minimum Gasteiger partial charge on any atom is -0.325 e. The van der Waals surface area contributed by atoms with Gasteiger partial charge in [-0.05, 0) is 31.4 Å². The van der Waals surface area contributed by atoms with E-state index in [1.807, 2.05) is 0 Å². The summed E-state index contributed by atoms with van der Waals surface area (Å²) in [6.07, 6.45) is 1.99. The van der Waals surface area contributed by atoms with Crippen LogP contribution in [-0.2, 0) is 4.79 Å². The van der Waals surface area contributed by atoms with Crippen LogP contribution in [0.25, 0.3) is 0 Å². The van der Waals surface area contributed by atoms with E-state index in [0.29, 0.717) is 0 Å². The minimum absolute atomic E-state index is 0.0728. The number of amides is 1. The largest absolute Gasteiger partial charge is 0.325 e. The summed E-state index contributed by atoms with van der Waals surface area (Å²) >= 11 is 0. The standard InChI is InChI=1S/C13H17NO/c1-4-5-10-11-7-8(2)6-9(3)12(11)14-13(10)15/h6-7,10H,4-5H2,1-3H3,(H,14,15). The second kappa shape index (κ2) is 3.69. The van der Waals surface area contributed by atoms with Crippen molar-refractivity contribution in [3.8, 4) is 0 Å². The van der Waals surface area contributed by atoms with Gasteiger partial charge in [0.05, 0.1) is 5.92 Å². The third kappa shape index (κ3) is 1.65. The molecule has 1 aliphatic rings. The molecule has 1 atom stereocenters. The number of fused-ring (bicyclic) bond motifs is 1. The molecule has 2 nitrogen and oxygen atoms in total. The highest BCUT2D eigenvalue weighted by Gasteiger charge is 2.30. The molecule has 0 radical (unpaired) electrons. The number of hydrogen-bond donors (Lipinski definition) is 1. The van der Waals surface area contributed by atoms with Crippen LogP contribution in [-0.4, -0.2) is 5.91 Å². The van der Waals surface area contributed by atoms with Gasteiger partial charge in [-0.15, -0.1) is 0 Å². The van der Waals surface area contributed by atoms with E-state index in [1.54, 1.807) is 0 Å². The molecule has 0 saturated carbocycles. The van der Waals surface area contributed by atoms with Gasteiger partial charge in [0.25, 0.3) is 0 Å². The number of benzene rings is 1. The fourth-order valence-electron chi connectivity index (χ4n) is 2.37. The lowest BCUT2D eigenvalue weighted by Gasteiger charge is -2.08. The fourth-order valence-corrected chi connectivity index (χ4v) is 2.37. The van der Waals surface area contributed by atoms with Gasteiger partial charge in [-0.3, -0.25) is 4.79 Å². The summed E-state index contributed by atoms with van der Waals surface area (Å²) in [6, 6.07) is 4.26. The fraction of sp³-hybridized carbons (Fsp3) is 0.462. The molecule has 0 fully saturated rings. The Kier molecular flexibility index (Phi) is 2.51. The first-order chi connectivity index (χ1) is 7.13. The number of nitrogens with one attached hydrogen (secondary N) is 1. The highest BCUT2D eigenvalue weighted by molar-refractivity contribution is 6.03. The SMILES string of the molecule is CCCC1C(=O)Nc2c(C)cc(C)cc21. The van der Waals surface area contributed by atoms with Crippen molar-refractivity contribution in [3.05, 3.63) is 28.8 Å². The van der Waals surface area contributed by atoms with E-state index in [1.165, 1.54) is 16.7 Å². The topological polar surface area (TPSA) is 29.1 Å². The van der Waals surface area contributed by atoms with Crippen LogP contribution >= 0.6 is 0 Å². The van der Waals surface area contributed by atoms with Crippen LogP contribution in [0.15, 0.2) is 12.1 Å². The van der Waals surface area contributed by atoms with Crippen molar-refractivity contribution in [3.63, 3.8) is 0 Å². The average molecular weight is 203 g/mol. The quantitative estimate of drug-likeness (QED) is 0.786. The molecule has 2 rings (SSSR count). The van der Waals surface area contributed by atoms with E-state index in [-0.39, 0.29) is 11.8 Å². The molecule has 0 aromatic heterocycles. The Balaban J connectivity index is 2.48. The van der Waals surface area contributed by atoms with E-state index in [4.69, 9.17) is 0 Å². The molecule has 1 aliphatic heterocycles. The number of rotatable bonds is 2. The molecule has 80 valence electrons. The molecule has 0 spiro atoms. The van der Waals surface area contributed by atoms with Gasteiger partial charge in [-0.25, -0.2) is 0 Å². The first kappa shape index (κ1) is 10.2. The summed E-state index contributed by atoms with van der Waals surface area (Å²) in [4.78, 5) is 11.8. The van der Waals surface area contributed by atoms with Crippen LogP contribution in [0.2, 0.25) is 0 Å². The van der Waals surface area contributed by atoms with Gasteiger partial charge in [0.2, 0.25) is 5.91 Å². The summed E-state index contributed by atoms with van der Waals surface area (Å²) in [5, 5.41) is 2.99. The van der Waals surface area contributed by atoms with Crippen molar-refractivity contribution < 1.29 is 4.79 Å². The normalized spacial score (nSPS) is 18.9. The third-order valence-electron chi connectivity index (χ3n) is 3.03. The number of hydrogen-bond acceptors (Lipinski definition) is 1. The maximum atomic E-state index is 11.8. The zero-order valence-electron chi connectivity index (χ0n) is 9.55. The molecule has 1 unspecified atom stereocenters. The summed E-state index contributed by atoms with van der Waals surface area (Å²) < 4.78 is 0. The Bertz CT molecular complexity index is 409. The predicted molar refractivity (Wildman–Crippen MR) is 62.2 cm³/mol. The molecule has 0 saturated heterocycles. The van der Waals surface area contributed by atoms with Crippen molar-refractivity contribution in [2.75, 3.05) is 5.32 Å². The van der Waals surface area contributed by atoms with E-state index in [9.17, 15) is 4.79 Å². The van der Waals surface area contributed by atoms with Crippen LogP contribution < -0.4 is 5.32 Å². The van der Waals surface area contributed by atoms with E-state index in [0.717, 1.165) is 18.5 Å². The lowest BCUT2D eigenvalue weighted by atomic mass is 9.93. The van der Waals surface area contributed by atoms with Gasteiger partial charge in [-0.1, -0.05) is 31.0 Å². The zero-order chi connectivity index (χ0) is 11.0. The number of carbonyl (C=O) groups excluding carboxylic acids is 1. The average Bonchev–Trinajstić information content (AvgIpc) is 2.46. The lowest BCUT2D eigenvalue weighted by molar-refractivity contribution is -0.117. The highest BCUT2D eigenvalue weighted by atomic mass is 16.2. The molecular weight excluding hydrogens is 186 g/mol. The first-order valence-corrected chi connectivity index (χ1v) is 5.55. The number of aryl methyl sites for hydroxylation is 2. The molecule has 1 aromatic carbocycles. The molecule has 1 amide bonds. The molecule has 1 heterocycles. The molecule has 2 heteroatoms. The van der Waals surface area contributed by atoms with E-state index >= 15 is 0 Å². The van der Waals surface area contributed by atoms with E-state index in [2.05, 4.69) is 38.2 Å². The third-order valence-corrected chi connectivity index (χ3v) is 3.03. The van der Waals surface area contributed by atoms with Crippen LogP contribution in [0.5, 0.6) is 0 Å². The lowest BCUT2D eigenvalue weighted by Crippen LogP contribution is -2.11. The monoisotopic (exact) mass is 203 g/mol. The Hall–Kier alpha value is -1.31. The predicted octanol–water partition coefficient (Wildman–Crippen LogP) is 3.14. The second-order valence-corrected chi connectivity index (χ2v) is 4.38. The van der Waals surface area contributed by atoms with Crippen LogP contribution in [0.3, 0.4) is 0 Å². The Morgan fingerprint density at radius 3 is 2.73 bits per heavy atom. The highest BCUT2D eigenvalue weighted by Crippen LogP contribution is 2.38. The minimum atomic E-state index is 0.0728. The van der Waals surface area contributed by atoms with Crippen molar-refractivity contribution >= 4 is 11.6 Å². The molecule has 15 heavy (non-hydrogen) atoms. The van der Waals surface area contributed by atoms with Crippen molar-refractivity contribution in [2.45, 2.75) is 39.5 Å². The summed E-state index contributed by atoms with van der Waals surface area (Å²) in [7, 11) is 0. The number of carbonyl (C=O) groups is 1. The molecule has 1 aromatic rings. The van der Waals surface area contributed by atoms with Gasteiger partial charge in [0, 0.05) is 5.69 Å². The summed E-state index contributed by atoms with van der Waals surface area (Å²) in [5.74, 6) is 0.240. The van der Waals surface area contributed by atoms with Crippen molar-refractivity contribution in [1.29, 1.82) is 0 Å². The molecule has 0 aliphatic carbocycles. The molecular formula is C13H17NO. The first-order valence-electron chi connectivity index (χ1n) is 5.55. The van der Waals surface area contributed by atoms with Crippen molar-refractivity contribution in [1.82, 2.24) is 0 Å². The Morgan fingerprint density at radius 2 is 2.07 bits per heavy atom. The Morgan fingerprint density at radius 1 is 1.33 bits per heavy atom. The summed E-state index contributed by atoms with van der Waals surface area (Å²) in [6.45, 7) is 6.26. The van der Waals surface area contributed by atoms with Crippen LogP contribution in [0.4, 0.5) is 5.69 Å². The smallest absolute Gasteiger partial charge is 0.232 e. The van der Waals surface area contributed by atoms with Gasteiger partial charge in [0.1, 0.15) is 0 Å². The van der Waals surface area contributed by atoms with Gasteiger partial charge in [-0.2, -0.15) is 0 Å².